The second kappa shape index (κ2) is 4.06. The predicted molar refractivity (Wildman–Crippen MR) is 62.0 cm³/mol. The first-order valence-corrected chi connectivity index (χ1v) is 4.81. The molecule has 0 fully saturated rings. The van der Waals surface area contributed by atoms with Crippen LogP contribution in [-0.4, -0.2) is 15.5 Å². The summed E-state index contributed by atoms with van der Waals surface area (Å²) in [5.41, 5.74) is 6.91. The van der Waals surface area contributed by atoms with E-state index in [1.807, 2.05) is 0 Å². The number of nitrogen functional groups attached to an aromatic ring is 1. The number of nitrogens with one attached hydrogen (secondary N) is 1. The van der Waals surface area contributed by atoms with Crippen LogP contribution in [0.5, 0.6) is 0 Å². The molecule has 0 saturated carbocycles. The Bertz CT molecular complexity index is 501. The number of benzene rings is 1. The van der Waals surface area contributed by atoms with Gasteiger partial charge in [0, 0.05) is 30.8 Å². The summed E-state index contributed by atoms with van der Waals surface area (Å²) in [5, 5.41) is 2.73. The van der Waals surface area contributed by atoms with Crippen molar-refractivity contribution in [2.75, 3.05) is 11.1 Å². The lowest BCUT2D eigenvalue weighted by molar-refractivity contribution is 0.101. The molecule has 3 N–H and O–H groups in total. The highest BCUT2D eigenvalue weighted by Gasteiger charge is 2.10. The zero-order valence-electron chi connectivity index (χ0n) is 8.84. The molecular weight excluding hydrogens is 204 g/mol. The summed E-state index contributed by atoms with van der Waals surface area (Å²) in [6.07, 6.45) is 3.30. The van der Waals surface area contributed by atoms with Crippen molar-refractivity contribution < 1.29 is 4.79 Å². The lowest BCUT2D eigenvalue weighted by Gasteiger charge is -2.04. The van der Waals surface area contributed by atoms with Crippen LogP contribution >= 0.6 is 0 Å². The number of aromatic nitrogens is 2. The Balaban J connectivity index is 2.14. The van der Waals surface area contributed by atoms with Gasteiger partial charge in [-0.3, -0.25) is 4.79 Å². The van der Waals surface area contributed by atoms with E-state index in [9.17, 15) is 4.79 Å². The summed E-state index contributed by atoms with van der Waals surface area (Å²) < 4.78 is 1.66. The molecule has 0 atom stereocenters. The van der Waals surface area contributed by atoms with Crippen LogP contribution in [0.3, 0.4) is 0 Å². The van der Waals surface area contributed by atoms with Gasteiger partial charge in [-0.25, -0.2) is 4.98 Å². The lowest BCUT2D eigenvalue weighted by Crippen LogP contribution is -2.16. The Kier molecular flexibility index (Phi) is 2.59. The van der Waals surface area contributed by atoms with Crippen LogP contribution in [-0.2, 0) is 7.05 Å². The van der Waals surface area contributed by atoms with Crippen molar-refractivity contribution in [3.05, 3.63) is 42.5 Å². The van der Waals surface area contributed by atoms with E-state index >= 15 is 0 Å². The first kappa shape index (κ1) is 10.2. The fraction of sp³-hybridized carbons (Fsp3) is 0.0909. The van der Waals surface area contributed by atoms with E-state index in [0.29, 0.717) is 17.2 Å². The SMILES string of the molecule is Cn1ccnc1C(=O)Nc1ccc(N)cc1. The van der Waals surface area contributed by atoms with Crippen molar-refractivity contribution in [1.82, 2.24) is 9.55 Å². The van der Waals surface area contributed by atoms with Gasteiger partial charge in [-0.15, -0.1) is 0 Å². The van der Waals surface area contributed by atoms with Crippen molar-refractivity contribution in [3.8, 4) is 0 Å². The maximum Gasteiger partial charge on any atom is 0.291 e. The molecule has 5 heteroatoms. The maximum absolute atomic E-state index is 11.8. The van der Waals surface area contributed by atoms with Gasteiger partial charge in [0.05, 0.1) is 0 Å². The van der Waals surface area contributed by atoms with Crippen LogP contribution in [0.15, 0.2) is 36.7 Å². The zero-order chi connectivity index (χ0) is 11.5. The van der Waals surface area contributed by atoms with Crippen molar-refractivity contribution in [3.63, 3.8) is 0 Å². The molecule has 16 heavy (non-hydrogen) atoms. The monoisotopic (exact) mass is 216 g/mol. The quantitative estimate of drug-likeness (QED) is 0.742. The Morgan fingerprint density at radius 1 is 1.38 bits per heavy atom. The second-order valence-corrected chi connectivity index (χ2v) is 3.44. The summed E-state index contributed by atoms with van der Waals surface area (Å²) in [4.78, 5) is 15.7. The van der Waals surface area contributed by atoms with Gasteiger partial charge in [0.15, 0.2) is 5.82 Å². The molecule has 1 aromatic carbocycles. The molecule has 0 aliphatic carbocycles. The van der Waals surface area contributed by atoms with E-state index < -0.39 is 0 Å². The first-order chi connectivity index (χ1) is 7.66. The van der Waals surface area contributed by atoms with Crippen molar-refractivity contribution >= 4 is 17.3 Å². The molecule has 0 saturated heterocycles. The third-order valence-corrected chi connectivity index (χ3v) is 2.19. The highest BCUT2D eigenvalue weighted by atomic mass is 16.2. The third-order valence-electron chi connectivity index (χ3n) is 2.19. The number of anilines is 2. The molecular formula is C11H12N4O. The molecule has 1 heterocycles. The van der Waals surface area contributed by atoms with E-state index in [2.05, 4.69) is 10.3 Å². The van der Waals surface area contributed by atoms with Crippen molar-refractivity contribution in [2.45, 2.75) is 0 Å². The van der Waals surface area contributed by atoms with E-state index in [-0.39, 0.29) is 5.91 Å². The third kappa shape index (κ3) is 2.03. The van der Waals surface area contributed by atoms with Crippen LogP contribution in [0, 0.1) is 0 Å². The van der Waals surface area contributed by atoms with Gasteiger partial charge in [-0.2, -0.15) is 0 Å². The summed E-state index contributed by atoms with van der Waals surface area (Å²) in [6.45, 7) is 0. The molecule has 0 bridgehead atoms. The number of imidazole rings is 1. The normalized spacial score (nSPS) is 10.1. The van der Waals surface area contributed by atoms with Crippen LogP contribution in [0.4, 0.5) is 11.4 Å². The number of nitrogens with two attached hydrogens (primary N) is 1. The van der Waals surface area contributed by atoms with E-state index in [1.165, 1.54) is 0 Å². The van der Waals surface area contributed by atoms with Crippen LogP contribution in [0.2, 0.25) is 0 Å². The van der Waals surface area contributed by atoms with Gasteiger partial charge in [0.1, 0.15) is 0 Å². The van der Waals surface area contributed by atoms with Gasteiger partial charge in [-0.05, 0) is 24.3 Å². The molecule has 5 nitrogen and oxygen atoms in total. The van der Waals surface area contributed by atoms with Gasteiger partial charge in [-0.1, -0.05) is 0 Å². The fourth-order valence-corrected chi connectivity index (χ4v) is 1.34. The van der Waals surface area contributed by atoms with Crippen LogP contribution in [0.25, 0.3) is 0 Å². The largest absolute Gasteiger partial charge is 0.399 e. The smallest absolute Gasteiger partial charge is 0.291 e. The number of nitrogens with zero attached hydrogens (tertiary/aromatic N) is 2. The summed E-state index contributed by atoms with van der Waals surface area (Å²) in [5.74, 6) is 0.133. The molecule has 1 aromatic heterocycles. The van der Waals surface area contributed by atoms with E-state index in [0.717, 1.165) is 0 Å². The minimum absolute atomic E-state index is 0.239. The predicted octanol–water partition coefficient (Wildman–Crippen LogP) is 1.25. The highest BCUT2D eigenvalue weighted by Crippen LogP contribution is 2.11. The standard InChI is InChI=1S/C11H12N4O/c1-15-7-6-13-10(15)11(16)14-9-4-2-8(12)3-5-9/h2-7H,12H2,1H3,(H,14,16). The van der Waals surface area contributed by atoms with Gasteiger partial charge >= 0.3 is 0 Å². The van der Waals surface area contributed by atoms with Crippen molar-refractivity contribution in [2.24, 2.45) is 7.05 Å². The molecule has 0 aliphatic rings. The average Bonchev–Trinajstić information content (AvgIpc) is 2.68. The number of carbonyl (C=O) groups excluding carboxylic acids is 1. The fourth-order valence-electron chi connectivity index (χ4n) is 1.34. The topological polar surface area (TPSA) is 72.9 Å². The van der Waals surface area contributed by atoms with Gasteiger partial charge < -0.3 is 15.6 Å². The minimum Gasteiger partial charge on any atom is -0.399 e. The number of hydrogen-bond donors (Lipinski definition) is 2. The van der Waals surface area contributed by atoms with E-state index in [4.69, 9.17) is 5.73 Å². The summed E-state index contributed by atoms with van der Waals surface area (Å²) in [6, 6.07) is 6.95. The molecule has 2 rings (SSSR count). The number of hydrogen-bond acceptors (Lipinski definition) is 3. The lowest BCUT2D eigenvalue weighted by atomic mass is 10.3. The molecule has 82 valence electrons. The number of amides is 1. The van der Waals surface area contributed by atoms with E-state index in [1.54, 1.807) is 48.3 Å². The first-order valence-electron chi connectivity index (χ1n) is 4.81. The van der Waals surface area contributed by atoms with Gasteiger partial charge in [0.2, 0.25) is 0 Å². The van der Waals surface area contributed by atoms with Crippen LogP contribution < -0.4 is 11.1 Å². The van der Waals surface area contributed by atoms with Crippen molar-refractivity contribution in [1.29, 1.82) is 0 Å². The maximum atomic E-state index is 11.8. The summed E-state index contributed by atoms with van der Waals surface area (Å²) >= 11 is 0. The van der Waals surface area contributed by atoms with Crippen LogP contribution in [0.1, 0.15) is 10.6 Å². The Hall–Kier alpha value is -2.30. The Morgan fingerprint density at radius 3 is 2.62 bits per heavy atom. The molecule has 0 radical (unpaired) electrons. The second-order valence-electron chi connectivity index (χ2n) is 3.44. The highest BCUT2D eigenvalue weighted by molar-refractivity contribution is 6.01. The zero-order valence-corrected chi connectivity index (χ0v) is 8.84. The average molecular weight is 216 g/mol. The number of rotatable bonds is 2. The Labute approximate surface area is 92.9 Å². The number of carbonyl (C=O) groups is 1. The Morgan fingerprint density at radius 2 is 2.06 bits per heavy atom. The molecule has 0 unspecified atom stereocenters. The molecule has 0 spiro atoms. The minimum atomic E-state index is -0.239. The molecule has 2 aromatic rings. The molecule has 1 amide bonds. The molecule has 0 aliphatic heterocycles. The summed E-state index contributed by atoms with van der Waals surface area (Å²) in [7, 11) is 1.77. The number of aryl methyl sites for hydroxylation is 1. The van der Waals surface area contributed by atoms with Gasteiger partial charge in [0.25, 0.3) is 5.91 Å².